The maximum atomic E-state index is 6.38. The Morgan fingerprint density at radius 2 is 2.16 bits per heavy atom. The van der Waals surface area contributed by atoms with Gasteiger partial charge in [0.25, 0.3) is 0 Å². The highest BCUT2D eigenvalue weighted by Crippen LogP contribution is 2.42. The highest BCUT2D eigenvalue weighted by Gasteiger charge is 2.49. The maximum absolute atomic E-state index is 6.38. The van der Waals surface area contributed by atoms with E-state index in [9.17, 15) is 0 Å². The van der Waals surface area contributed by atoms with Crippen LogP contribution in [0, 0.1) is 5.92 Å². The maximum Gasteiger partial charge on any atom is 0.122 e. The van der Waals surface area contributed by atoms with Crippen LogP contribution in [-0.4, -0.2) is 36.7 Å². The molecule has 1 aromatic carbocycles. The van der Waals surface area contributed by atoms with Gasteiger partial charge in [-0.15, -0.1) is 0 Å². The van der Waals surface area contributed by atoms with E-state index < -0.39 is 0 Å². The van der Waals surface area contributed by atoms with Crippen molar-refractivity contribution in [1.29, 1.82) is 0 Å². The minimum Gasteiger partial charge on any atom is -0.493 e. The Kier molecular flexibility index (Phi) is 2.61. The highest BCUT2D eigenvalue weighted by molar-refractivity contribution is 5.39. The van der Waals surface area contributed by atoms with Crippen molar-refractivity contribution in [3.63, 3.8) is 0 Å². The largest absolute Gasteiger partial charge is 0.493 e. The lowest BCUT2D eigenvalue weighted by atomic mass is 9.85. The number of nitrogens with zero attached hydrogens (tertiary/aromatic N) is 1. The van der Waals surface area contributed by atoms with E-state index in [2.05, 4.69) is 23.1 Å². The van der Waals surface area contributed by atoms with Gasteiger partial charge >= 0.3 is 0 Å². The lowest BCUT2D eigenvalue weighted by Crippen LogP contribution is -2.68. The fourth-order valence-electron chi connectivity index (χ4n) is 3.54. The van der Waals surface area contributed by atoms with E-state index in [1.165, 1.54) is 24.0 Å². The van der Waals surface area contributed by atoms with Gasteiger partial charge in [0.05, 0.1) is 6.61 Å². The average Bonchev–Trinajstić information content (AvgIpc) is 3.12. The predicted octanol–water partition coefficient (Wildman–Crippen LogP) is 1.59. The monoisotopic (exact) mass is 258 g/mol. The fourth-order valence-corrected chi connectivity index (χ4v) is 3.54. The number of hydrogen-bond donors (Lipinski definition) is 1. The Balaban J connectivity index is 1.31. The van der Waals surface area contributed by atoms with E-state index in [1.807, 2.05) is 0 Å². The molecule has 2 fully saturated rings. The number of likely N-dealkylation sites (tertiary alicyclic amines) is 1. The molecule has 2 heterocycles. The molecule has 0 bridgehead atoms. The van der Waals surface area contributed by atoms with Crippen molar-refractivity contribution in [3.8, 4) is 5.75 Å². The zero-order valence-electron chi connectivity index (χ0n) is 11.4. The van der Waals surface area contributed by atoms with Crippen LogP contribution in [0.3, 0.4) is 0 Å². The Bertz CT molecular complexity index is 490. The molecule has 0 aromatic heterocycles. The van der Waals surface area contributed by atoms with Gasteiger partial charge in [0.15, 0.2) is 0 Å². The molecule has 1 saturated carbocycles. The van der Waals surface area contributed by atoms with Crippen LogP contribution < -0.4 is 10.5 Å². The van der Waals surface area contributed by atoms with Gasteiger partial charge in [0, 0.05) is 31.6 Å². The average molecular weight is 258 g/mol. The van der Waals surface area contributed by atoms with E-state index in [0.29, 0.717) is 0 Å². The van der Waals surface area contributed by atoms with Gasteiger partial charge < -0.3 is 10.5 Å². The van der Waals surface area contributed by atoms with Crippen molar-refractivity contribution in [3.05, 3.63) is 29.3 Å². The number of fused-ring (bicyclic) bond motifs is 1. The van der Waals surface area contributed by atoms with Gasteiger partial charge in [0.2, 0.25) is 0 Å². The molecule has 3 aliphatic rings. The predicted molar refractivity (Wildman–Crippen MR) is 75.4 cm³/mol. The molecule has 0 unspecified atom stereocenters. The summed E-state index contributed by atoms with van der Waals surface area (Å²) < 4.78 is 5.55. The second-order valence-electron chi connectivity index (χ2n) is 6.51. The normalized spacial score (nSPS) is 24.7. The summed E-state index contributed by atoms with van der Waals surface area (Å²) in [5, 5.41) is 0. The zero-order valence-corrected chi connectivity index (χ0v) is 11.4. The molecule has 1 saturated heterocycles. The summed E-state index contributed by atoms with van der Waals surface area (Å²) in [7, 11) is 0. The van der Waals surface area contributed by atoms with Crippen molar-refractivity contribution in [2.45, 2.75) is 31.2 Å². The van der Waals surface area contributed by atoms with E-state index in [1.54, 1.807) is 0 Å². The first kappa shape index (κ1) is 11.7. The van der Waals surface area contributed by atoms with Crippen molar-refractivity contribution < 1.29 is 4.74 Å². The minimum absolute atomic E-state index is 0.159. The Morgan fingerprint density at radius 3 is 2.95 bits per heavy atom. The van der Waals surface area contributed by atoms with Crippen LogP contribution in [0.1, 0.15) is 24.0 Å². The van der Waals surface area contributed by atoms with Crippen molar-refractivity contribution >= 4 is 0 Å². The summed E-state index contributed by atoms with van der Waals surface area (Å²) >= 11 is 0. The molecule has 4 rings (SSSR count). The summed E-state index contributed by atoms with van der Waals surface area (Å²) in [4.78, 5) is 2.50. The second kappa shape index (κ2) is 4.22. The summed E-state index contributed by atoms with van der Waals surface area (Å²) in [6.07, 6.45) is 4.92. The van der Waals surface area contributed by atoms with Crippen molar-refractivity contribution in [1.82, 2.24) is 4.90 Å². The molecule has 1 aliphatic carbocycles. The molecule has 0 radical (unpaired) electrons. The number of rotatable bonds is 4. The first-order chi connectivity index (χ1) is 9.23. The van der Waals surface area contributed by atoms with E-state index in [-0.39, 0.29) is 5.54 Å². The quantitative estimate of drug-likeness (QED) is 0.891. The lowest BCUT2D eigenvalue weighted by Gasteiger charge is -2.48. The van der Waals surface area contributed by atoms with Crippen molar-refractivity contribution in [2.75, 3.05) is 26.2 Å². The molecular weight excluding hydrogens is 236 g/mol. The van der Waals surface area contributed by atoms with Gasteiger partial charge in [-0.1, -0.05) is 12.1 Å². The smallest absolute Gasteiger partial charge is 0.122 e. The third-order valence-electron chi connectivity index (χ3n) is 4.90. The highest BCUT2D eigenvalue weighted by atomic mass is 16.5. The number of nitrogens with two attached hydrogens (primary N) is 1. The minimum atomic E-state index is 0.159. The SMILES string of the molecule is NC1(C2CC2)CN(CCc2ccc3c(c2)CCO3)C1. The number of benzene rings is 1. The van der Waals surface area contributed by atoms with Crippen LogP contribution in [0.15, 0.2) is 18.2 Å². The second-order valence-corrected chi connectivity index (χ2v) is 6.51. The molecule has 1 aromatic rings. The third kappa shape index (κ3) is 2.15. The molecule has 2 N–H and O–H groups in total. The van der Waals surface area contributed by atoms with Gasteiger partial charge in [-0.05, 0) is 42.4 Å². The van der Waals surface area contributed by atoms with Crippen LogP contribution >= 0.6 is 0 Å². The van der Waals surface area contributed by atoms with E-state index >= 15 is 0 Å². The van der Waals surface area contributed by atoms with E-state index in [0.717, 1.165) is 50.8 Å². The molecular formula is C16H22N2O. The van der Waals surface area contributed by atoms with Crippen LogP contribution in [0.4, 0.5) is 0 Å². The first-order valence-electron chi connectivity index (χ1n) is 7.49. The molecule has 0 spiro atoms. The van der Waals surface area contributed by atoms with Gasteiger partial charge in [0.1, 0.15) is 5.75 Å². The molecule has 3 heteroatoms. The summed E-state index contributed by atoms with van der Waals surface area (Å²) in [5.41, 5.74) is 9.36. The van der Waals surface area contributed by atoms with Gasteiger partial charge in [-0.25, -0.2) is 0 Å². The van der Waals surface area contributed by atoms with E-state index in [4.69, 9.17) is 10.5 Å². The first-order valence-corrected chi connectivity index (χ1v) is 7.49. The molecule has 0 amide bonds. The Hall–Kier alpha value is -1.06. The summed E-state index contributed by atoms with van der Waals surface area (Å²) in [6.45, 7) is 4.20. The summed E-state index contributed by atoms with van der Waals surface area (Å²) in [5.74, 6) is 1.91. The topological polar surface area (TPSA) is 38.5 Å². The lowest BCUT2D eigenvalue weighted by molar-refractivity contribution is 0.0560. The molecule has 19 heavy (non-hydrogen) atoms. The molecule has 2 aliphatic heterocycles. The van der Waals surface area contributed by atoms with Crippen LogP contribution in [0.2, 0.25) is 0 Å². The number of ether oxygens (including phenoxy) is 1. The van der Waals surface area contributed by atoms with Crippen LogP contribution in [0.25, 0.3) is 0 Å². The summed E-state index contributed by atoms with van der Waals surface area (Å²) in [6, 6.07) is 6.66. The standard InChI is InChI=1S/C16H22N2O/c17-16(14-2-3-14)10-18(11-16)7-5-12-1-4-15-13(9-12)6-8-19-15/h1,4,9,14H,2-3,5-8,10-11,17H2. The molecule has 0 atom stereocenters. The molecule has 102 valence electrons. The third-order valence-corrected chi connectivity index (χ3v) is 4.90. The molecule has 3 nitrogen and oxygen atoms in total. The van der Waals surface area contributed by atoms with Crippen LogP contribution in [-0.2, 0) is 12.8 Å². The Morgan fingerprint density at radius 1 is 1.32 bits per heavy atom. The fraction of sp³-hybridized carbons (Fsp3) is 0.625. The Labute approximate surface area is 114 Å². The zero-order chi connectivity index (χ0) is 12.9. The van der Waals surface area contributed by atoms with Gasteiger partial charge in [-0.2, -0.15) is 0 Å². The van der Waals surface area contributed by atoms with Crippen molar-refractivity contribution in [2.24, 2.45) is 11.7 Å². The number of hydrogen-bond acceptors (Lipinski definition) is 3. The van der Waals surface area contributed by atoms with Crippen LogP contribution in [0.5, 0.6) is 5.75 Å². The van der Waals surface area contributed by atoms with Gasteiger partial charge in [-0.3, -0.25) is 4.90 Å².